The van der Waals surface area contributed by atoms with Gasteiger partial charge in [-0.25, -0.2) is 4.68 Å². The van der Waals surface area contributed by atoms with E-state index in [0.717, 1.165) is 43.2 Å². The number of tetrazole rings is 1. The Morgan fingerprint density at radius 2 is 1.71 bits per heavy atom. The number of hydrogen-bond donors (Lipinski definition) is 0. The van der Waals surface area contributed by atoms with Crippen LogP contribution in [0.2, 0.25) is 5.02 Å². The largest absolute Gasteiger partial charge is 0.285 e. The Morgan fingerprint density at radius 1 is 0.964 bits per heavy atom. The zero-order valence-electron chi connectivity index (χ0n) is 15.8. The van der Waals surface area contributed by atoms with Crippen LogP contribution in [-0.4, -0.2) is 31.7 Å². The summed E-state index contributed by atoms with van der Waals surface area (Å²) in [6.07, 6.45) is 5.88. The van der Waals surface area contributed by atoms with Gasteiger partial charge in [-0.1, -0.05) is 60.8 Å². The van der Waals surface area contributed by atoms with Crippen LogP contribution in [0.4, 0.5) is 0 Å². The van der Waals surface area contributed by atoms with Crippen molar-refractivity contribution in [3.05, 3.63) is 76.1 Å². The van der Waals surface area contributed by atoms with Gasteiger partial charge in [-0.3, -0.25) is 4.90 Å². The maximum Gasteiger partial charge on any atom is 0.173 e. The first-order valence-electron chi connectivity index (χ1n) is 10.1. The molecule has 0 N–H and O–H groups in total. The SMILES string of the molecule is Clc1ccc([C@@H](c2nnnn2C2CCCC2)N2CCc3ccccc3C2)cc1. The van der Waals surface area contributed by atoms with Gasteiger partial charge in [0.05, 0.1) is 12.1 Å². The second-order valence-corrected chi connectivity index (χ2v) is 8.30. The zero-order valence-corrected chi connectivity index (χ0v) is 16.6. The average molecular weight is 394 g/mol. The molecule has 0 saturated heterocycles. The van der Waals surface area contributed by atoms with E-state index in [0.29, 0.717) is 6.04 Å². The molecule has 2 aliphatic rings. The van der Waals surface area contributed by atoms with Crippen molar-refractivity contribution in [2.24, 2.45) is 0 Å². The predicted octanol–water partition coefficient (Wildman–Crippen LogP) is 4.59. The fourth-order valence-electron chi connectivity index (χ4n) is 4.70. The molecule has 1 atom stereocenters. The van der Waals surface area contributed by atoms with Crippen molar-refractivity contribution in [1.29, 1.82) is 0 Å². The Morgan fingerprint density at radius 3 is 2.50 bits per heavy atom. The normalized spacial score (nSPS) is 18.9. The van der Waals surface area contributed by atoms with Gasteiger partial charge in [-0.05, 0) is 58.5 Å². The first-order valence-corrected chi connectivity index (χ1v) is 10.5. The summed E-state index contributed by atoms with van der Waals surface area (Å²) in [5.41, 5.74) is 4.04. The molecule has 0 amide bonds. The van der Waals surface area contributed by atoms with E-state index in [2.05, 4.69) is 61.5 Å². The predicted molar refractivity (Wildman–Crippen MR) is 109 cm³/mol. The maximum absolute atomic E-state index is 6.17. The van der Waals surface area contributed by atoms with E-state index in [1.54, 1.807) is 0 Å². The molecule has 0 bridgehead atoms. The van der Waals surface area contributed by atoms with Crippen LogP contribution in [0.3, 0.4) is 0 Å². The number of halogens is 1. The molecule has 1 saturated carbocycles. The van der Waals surface area contributed by atoms with Gasteiger partial charge in [-0.15, -0.1) is 5.10 Å². The van der Waals surface area contributed by atoms with Crippen LogP contribution in [0.1, 0.15) is 60.3 Å². The quantitative estimate of drug-likeness (QED) is 0.650. The molecule has 0 spiro atoms. The number of rotatable bonds is 4. The molecule has 5 nitrogen and oxygen atoms in total. The minimum Gasteiger partial charge on any atom is -0.285 e. The van der Waals surface area contributed by atoms with Crippen LogP contribution in [0.15, 0.2) is 48.5 Å². The lowest BCUT2D eigenvalue weighted by Crippen LogP contribution is -2.36. The van der Waals surface area contributed by atoms with E-state index in [1.807, 2.05) is 12.1 Å². The molecule has 3 aromatic rings. The first-order chi connectivity index (χ1) is 13.8. The second kappa shape index (κ2) is 7.64. The highest BCUT2D eigenvalue weighted by Crippen LogP contribution is 2.36. The number of fused-ring (bicyclic) bond motifs is 1. The van der Waals surface area contributed by atoms with E-state index in [-0.39, 0.29) is 6.04 Å². The highest BCUT2D eigenvalue weighted by Gasteiger charge is 2.32. The Labute approximate surface area is 170 Å². The molecule has 2 heterocycles. The highest BCUT2D eigenvalue weighted by atomic mass is 35.5. The molecule has 1 aromatic heterocycles. The molecule has 0 radical (unpaired) electrons. The van der Waals surface area contributed by atoms with Crippen molar-refractivity contribution >= 4 is 11.6 Å². The molecular weight excluding hydrogens is 370 g/mol. The fraction of sp³-hybridized carbons (Fsp3) is 0.409. The monoisotopic (exact) mass is 393 g/mol. The summed E-state index contributed by atoms with van der Waals surface area (Å²) in [5, 5.41) is 13.8. The average Bonchev–Trinajstić information content (AvgIpc) is 3.41. The van der Waals surface area contributed by atoms with Crippen molar-refractivity contribution in [2.45, 2.75) is 50.7 Å². The standard InChI is InChI=1S/C22H24ClN5/c23-19-11-9-17(10-12-19)21(22-24-25-26-28(22)20-7-3-4-8-20)27-14-13-16-5-1-2-6-18(16)15-27/h1-2,5-6,9-12,20-21H,3-4,7-8,13-15H2/t21-/m0/s1. The summed E-state index contributed by atoms with van der Waals surface area (Å²) in [6, 6.07) is 17.3. The van der Waals surface area contributed by atoms with Crippen LogP contribution in [0, 0.1) is 0 Å². The number of benzene rings is 2. The third-order valence-corrected chi connectivity index (χ3v) is 6.40. The summed E-state index contributed by atoms with van der Waals surface area (Å²) in [4.78, 5) is 2.50. The topological polar surface area (TPSA) is 46.8 Å². The maximum atomic E-state index is 6.17. The summed E-state index contributed by atoms with van der Waals surface area (Å²) in [6.45, 7) is 1.89. The van der Waals surface area contributed by atoms with Crippen LogP contribution in [0.25, 0.3) is 0 Å². The van der Waals surface area contributed by atoms with Crippen molar-refractivity contribution in [2.75, 3.05) is 6.54 Å². The number of aromatic nitrogens is 4. The third kappa shape index (κ3) is 3.33. The lowest BCUT2D eigenvalue weighted by Gasteiger charge is -2.35. The molecule has 1 aliphatic carbocycles. The number of nitrogens with zero attached hydrogens (tertiary/aromatic N) is 5. The van der Waals surface area contributed by atoms with Gasteiger partial charge in [0.2, 0.25) is 0 Å². The van der Waals surface area contributed by atoms with Crippen LogP contribution in [0.5, 0.6) is 0 Å². The molecule has 2 aromatic carbocycles. The summed E-state index contributed by atoms with van der Waals surface area (Å²) < 4.78 is 2.09. The van der Waals surface area contributed by atoms with E-state index in [4.69, 9.17) is 11.6 Å². The van der Waals surface area contributed by atoms with Gasteiger partial charge in [0.25, 0.3) is 0 Å². The Kier molecular flexibility index (Phi) is 4.87. The molecule has 1 fully saturated rings. The van der Waals surface area contributed by atoms with Gasteiger partial charge in [-0.2, -0.15) is 0 Å². The Balaban J connectivity index is 1.55. The highest BCUT2D eigenvalue weighted by molar-refractivity contribution is 6.30. The second-order valence-electron chi connectivity index (χ2n) is 7.86. The van der Waals surface area contributed by atoms with Crippen molar-refractivity contribution in [3.63, 3.8) is 0 Å². The van der Waals surface area contributed by atoms with Gasteiger partial charge in [0.1, 0.15) is 0 Å². The molecule has 28 heavy (non-hydrogen) atoms. The Bertz CT molecular complexity index is 946. The lowest BCUT2D eigenvalue weighted by atomic mass is 9.96. The van der Waals surface area contributed by atoms with Gasteiger partial charge in [0.15, 0.2) is 5.82 Å². The minimum atomic E-state index is 0.0289. The molecule has 6 heteroatoms. The molecule has 5 rings (SSSR count). The minimum absolute atomic E-state index is 0.0289. The third-order valence-electron chi connectivity index (χ3n) is 6.14. The zero-order chi connectivity index (χ0) is 18.9. The van der Waals surface area contributed by atoms with Crippen LogP contribution < -0.4 is 0 Å². The van der Waals surface area contributed by atoms with Gasteiger partial charge < -0.3 is 0 Å². The smallest absolute Gasteiger partial charge is 0.173 e. The van der Waals surface area contributed by atoms with Crippen molar-refractivity contribution in [3.8, 4) is 0 Å². The first kappa shape index (κ1) is 17.8. The summed E-state index contributed by atoms with van der Waals surface area (Å²) in [7, 11) is 0. The van der Waals surface area contributed by atoms with Crippen LogP contribution in [-0.2, 0) is 13.0 Å². The van der Waals surface area contributed by atoms with E-state index < -0.39 is 0 Å². The van der Waals surface area contributed by atoms with E-state index in [1.165, 1.54) is 29.5 Å². The fourth-order valence-corrected chi connectivity index (χ4v) is 4.82. The number of hydrogen-bond acceptors (Lipinski definition) is 4. The van der Waals surface area contributed by atoms with Crippen molar-refractivity contribution < 1.29 is 0 Å². The summed E-state index contributed by atoms with van der Waals surface area (Å²) in [5.74, 6) is 0.952. The molecule has 1 aliphatic heterocycles. The summed E-state index contributed by atoms with van der Waals surface area (Å²) >= 11 is 6.17. The lowest BCUT2D eigenvalue weighted by molar-refractivity contribution is 0.191. The van der Waals surface area contributed by atoms with E-state index in [9.17, 15) is 0 Å². The molecular formula is C22H24ClN5. The van der Waals surface area contributed by atoms with Gasteiger partial charge >= 0.3 is 0 Å². The molecule has 0 unspecified atom stereocenters. The van der Waals surface area contributed by atoms with Crippen molar-refractivity contribution in [1.82, 2.24) is 25.1 Å². The molecule has 144 valence electrons. The van der Waals surface area contributed by atoms with Crippen LogP contribution >= 0.6 is 11.6 Å². The Hall–Kier alpha value is -2.24. The van der Waals surface area contributed by atoms with Gasteiger partial charge in [0, 0.05) is 18.1 Å². The van der Waals surface area contributed by atoms with E-state index >= 15 is 0 Å².